The summed E-state index contributed by atoms with van der Waals surface area (Å²) in [5.74, 6) is -0.594. The molecule has 0 spiro atoms. The Morgan fingerprint density at radius 1 is 0.926 bits per heavy atom. The number of hydrogen-bond acceptors (Lipinski definition) is 4. The number of aliphatic hydroxyl groups excluding tert-OH is 1. The van der Waals surface area contributed by atoms with Gasteiger partial charge in [0.2, 0.25) is 0 Å². The average Bonchev–Trinajstić information content (AvgIpc) is 2.73. The van der Waals surface area contributed by atoms with Crippen molar-refractivity contribution in [1.82, 2.24) is 4.98 Å². The average molecular weight is 361 g/mol. The number of rotatable bonds is 7. The molecule has 27 heavy (non-hydrogen) atoms. The van der Waals surface area contributed by atoms with E-state index in [1.807, 2.05) is 73.7 Å². The van der Waals surface area contributed by atoms with Crippen LogP contribution in [0, 0.1) is 0 Å². The van der Waals surface area contributed by atoms with Gasteiger partial charge in [-0.15, -0.1) is 0 Å². The summed E-state index contributed by atoms with van der Waals surface area (Å²) in [6.45, 7) is 1.92. The molecule has 3 aromatic rings. The summed E-state index contributed by atoms with van der Waals surface area (Å²) in [4.78, 5) is 16.3. The fourth-order valence-electron chi connectivity index (χ4n) is 2.94. The first-order chi connectivity index (χ1) is 13.2. The third-order valence-electron chi connectivity index (χ3n) is 4.40. The van der Waals surface area contributed by atoms with E-state index in [1.54, 1.807) is 12.4 Å². The van der Waals surface area contributed by atoms with Crippen LogP contribution in [0.3, 0.4) is 0 Å². The Morgan fingerprint density at radius 3 is 2.15 bits per heavy atom. The number of hydrogen-bond donors (Lipinski definition) is 1. The summed E-state index contributed by atoms with van der Waals surface area (Å²) >= 11 is 0. The second-order valence-electron chi connectivity index (χ2n) is 6.39. The summed E-state index contributed by atoms with van der Waals surface area (Å²) in [6, 6.07) is 21.4. The minimum absolute atomic E-state index is 0.390. The van der Waals surface area contributed by atoms with Crippen LogP contribution in [0.15, 0.2) is 79.1 Å². The maximum Gasteiger partial charge on any atom is 0.335 e. The highest BCUT2D eigenvalue weighted by Crippen LogP contribution is 2.29. The first-order valence-corrected chi connectivity index (χ1v) is 9.13. The van der Waals surface area contributed by atoms with Crippen LogP contribution in [0.25, 0.3) is 11.1 Å². The fraction of sp³-hybridized carbons (Fsp3) is 0.217. The molecule has 0 saturated heterocycles. The smallest absolute Gasteiger partial charge is 0.335 e. The Kier molecular flexibility index (Phi) is 6.34. The maximum absolute atomic E-state index is 12.3. The summed E-state index contributed by atoms with van der Waals surface area (Å²) in [5.41, 5.74) is 3.86. The van der Waals surface area contributed by atoms with Gasteiger partial charge in [0.1, 0.15) is 0 Å². The molecule has 1 N–H and O–H groups in total. The number of aliphatic hydroxyl groups is 1. The molecule has 3 rings (SSSR count). The molecule has 1 aromatic heterocycles. The monoisotopic (exact) mass is 361 g/mol. The van der Waals surface area contributed by atoms with Crippen molar-refractivity contribution in [2.24, 2.45) is 0 Å². The van der Waals surface area contributed by atoms with Gasteiger partial charge in [0.15, 0.2) is 12.2 Å². The topological polar surface area (TPSA) is 59.4 Å². The van der Waals surface area contributed by atoms with Crippen molar-refractivity contribution in [3.63, 3.8) is 0 Å². The van der Waals surface area contributed by atoms with Crippen LogP contribution in [0.4, 0.5) is 0 Å². The van der Waals surface area contributed by atoms with E-state index >= 15 is 0 Å². The van der Waals surface area contributed by atoms with E-state index in [4.69, 9.17) is 4.74 Å². The zero-order valence-corrected chi connectivity index (χ0v) is 15.3. The number of benzene rings is 2. The maximum atomic E-state index is 12.3. The Morgan fingerprint density at radius 2 is 1.52 bits per heavy atom. The Balaban J connectivity index is 1.87. The molecule has 0 saturated carbocycles. The first kappa shape index (κ1) is 18.8. The van der Waals surface area contributed by atoms with E-state index in [2.05, 4.69) is 4.98 Å². The van der Waals surface area contributed by atoms with Crippen LogP contribution in [0.2, 0.25) is 0 Å². The molecule has 2 atom stereocenters. The lowest BCUT2D eigenvalue weighted by Gasteiger charge is -2.21. The quantitative estimate of drug-likeness (QED) is 0.628. The second kappa shape index (κ2) is 9.10. The fourth-order valence-corrected chi connectivity index (χ4v) is 2.94. The van der Waals surface area contributed by atoms with Crippen LogP contribution < -0.4 is 0 Å². The highest BCUT2D eigenvalue weighted by atomic mass is 16.6. The zero-order valence-electron chi connectivity index (χ0n) is 15.3. The number of esters is 1. The molecule has 4 nitrogen and oxygen atoms in total. The molecule has 138 valence electrons. The van der Waals surface area contributed by atoms with E-state index in [0.717, 1.165) is 22.3 Å². The number of ether oxygens (including phenoxy) is 1. The number of carbonyl (C=O) groups excluding carboxylic acids is 1. The van der Waals surface area contributed by atoms with E-state index < -0.39 is 18.2 Å². The first-order valence-electron chi connectivity index (χ1n) is 9.13. The van der Waals surface area contributed by atoms with Gasteiger partial charge in [0.25, 0.3) is 0 Å². The highest BCUT2D eigenvalue weighted by Gasteiger charge is 2.23. The standard InChI is InChI=1S/C23H23NO3/c1-2-6-21(25)23(26)27-22(19-7-4-3-5-8-19)20-11-9-17(10-12-20)18-13-15-24-16-14-18/h3-5,7-16,21-22,25H,2,6H2,1H3/t21?,22-/m1/s1. The Labute approximate surface area is 159 Å². The van der Waals surface area contributed by atoms with Crippen molar-refractivity contribution in [3.8, 4) is 11.1 Å². The molecular formula is C23H23NO3. The molecule has 0 aliphatic heterocycles. The van der Waals surface area contributed by atoms with Gasteiger partial charge < -0.3 is 9.84 Å². The zero-order chi connectivity index (χ0) is 19.1. The van der Waals surface area contributed by atoms with Crippen molar-refractivity contribution in [1.29, 1.82) is 0 Å². The van der Waals surface area contributed by atoms with Gasteiger partial charge in [-0.25, -0.2) is 4.79 Å². The van der Waals surface area contributed by atoms with Crippen LogP contribution >= 0.6 is 0 Å². The van der Waals surface area contributed by atoms with Crippen molar-refractivity contribution in [2.45, 2.75) is 32.0 Å². The molecule has 0 fully saturated rings. The number of aromatic nitrogens is 1. The van der Waals surface area contributed by atoms with Gasteiger partial charge in [0.05, 0.1) is 0 Å². The van der Waals surface area contributed by atoms with Gasteiger partial charge in [-0.1, -0.05) is 67.9 Å². The number of pyridine rings is 1. The van der Waals surface area contributed by atoms with Crippen molar-refractivity contribution >= 4 is 5.97 Å². The van der Waals surface area contributed by atoms with E-state index in [1.165, 1.54) is 0 Å². The van der Waals surface area contributed by atoms with Crippen molar-refractivity contribution in [3.05, 3.63) is 90.3 Å². The predicted molar refractivity (Wildman–Crippen MR) is 105 cm³/mol. The minimum Gasteiger partial charge on any atom is -0.451 e. The molecule has 2 aromatic carbocycles. The molecule has 0 aliphatic carbocycles. The predicted octanol–water partition coefficient (Wildman–Crippen LogP) is 4.54. The van der Waals surface area contributed by atoms with Crippen LogP contribution in [0.5, 0.6) is 0 Å². The lowest BCUT2D eigenvalue weighted by Crippen LogP contribution is -2.25. The molecule has 0 aliphatic rings. The molecule has 1 unspecified atom stereocenters. The molecular weight excluding hydrogens is 338 g/mol. The van der Waals surface area contributed by atoms with Crippen LogP contribution in [-0.4, -0.2) is 22.2 Å². The van der Waals surface area contributed by atoms with E-state index in [0.29, 0.717) is 12.8 Å². The number of carbonyl (C=O) groups is 1. The lowest BCUT2D eigenvalue weighted by molar-refractivity contribution is -0.158. The second-order valence-corrected chi connectivity index (χ2v) is 6.39. The normalized spacial score (nSPS) is 13.0. The van der Waals surface area contributed by atoms with Gasteiger partial charge in [-0.3, -0.25) is 4.98 Å². The van der Waals surface area contributed by atoms with Crippen molar-refractivity contribution in [2.75, 3.05) is 0 Å². The third kappa shape index (κ3) is 4.80. The molecule has 0 amide bonds. The summed E-state index contributed by atoms with van der Waals surface area (Å²) in [7, 11) is 0. The SMILES string of the molecule is CCCC(O)C(=O)O[C@H](c1ccccc1)c1ccc(-c2ccncc2)cc1. The van der Waals surface area contributed by atoms with Gasteiger partial charge in [-0.2, -0.15) is 0 Å². The Hall–Kier alpha value is -2.98. The van der Waals surface area contributed by atoms with Crippen LogP contribution in [-0.2, 0) is 9.53 Å². The van der Waals surface area contributed by atoms with Gasteiger partial charge in [0, 0.05) is 12.4 Å². The third-order valence-corrected chi connectivity index (χ3v) is 4.40. The molecule has 1 heterocycles. The molecule has 4 heteroatoms. The number of nitrogens with zero attached hydrogens (tertiary/aromatic N) is 1. The van der Waals surface area contributed by atoms with Gasteiger partial charge >= 0.3 is 5.97 Å². The van der Waals surface area contributed by atoms with Crippen molar-refractivity contribution < 1.29 is 14.6 Å². The largest absolute Gasteiger partial charge is 0.451 e. The summed E-state index contributed by atoms with van der Waals surface area (Å²) in [6.07, 6.45) is 2.96. The summed E-state index contributed by atoms with van der Waals surface area (Å²) in [5, 5.41) is 9.97. The molecule has 0 bridgehead atoms. The Bertz CT molecular complexity index is 848. The lowest BCUT2D eigenvalue weighted by atomic mass is 9.98. The molecule has 0 radical (unpaired) electrons. The van der Waals surface area contributed by atoms with Crippen LogP contribution in [0.1, 0.15) is 37.0 Å². The van der Waals surface area contributed by atoms with E-state index in [-0.39, 0.29) is 0 Å². The van der Waals surface area contributed by atoms with Gasteiger partial charge in [-0.05, 0) is 40.8 Å². The summed E-state index contributed by atoms with van der Waals surface area (Å²) < 4.78 is 5.68. The van der Waals surface area contributed by atoms with E-state index in [9.17, 15) is 9.90 Å². The minimum atomic E-state index is -1.10. The highest BCUT2D eigenvalue weighted by molar-refractivity contribution is 5.75.